The van der Waals surface area contributed by atoms with Crippen LogP contribution in [-0.2, 0) is 38.6 Å². The number of hydrogen-bond acceptors (Lipinski definition) is 8. The van der Waals surface area contributed by atoms with Gasteiger partial charge in [0.15, 0.2) is 0 Å². The Bertz CT molecular complexity index is 867. The lowest BCUT2D eigenvalue weighted by Crippen LogP contribution is -2.49. The smallest absolute Gasteiger partial charge is 0.244 e. The number of amides is 2. The van der Waals surface area contributed by atoms with Gasteiger partial charge in [-0.05, 0) is 19.1 Å². The van der Waals surface area contributed by atoms with Crippen LogP contribution in [-0.4, -0.2) is 126 Å². The molecule has 1 aromatic carbocycles. The molecular formula is C23H35N3O8S. The van der Waals surface area contributed by atoms with Crippen molar-refractivity contribution in [1.29, 1.82) is 0 Å². The third-order valence-electron chi connectivity index (χ3n) is 5.75. The van der Waals surface area contributed by atoms with E-state index in [1.807, 2.05) is 6.92 Å². The van der Waals surface area contributed by atoms with Crippen LogP contribution in [0, 0.1) is 6.92 Å². The zero-order chi connectivity index (χ0) is 25.1. The maximum Gasteiger partial charge on any atom is 0.244 e. The van der Waals surface area contributed by atoms with Crippen molar-refractivity contribution in [1.82, 2.24) is 14.1 Å². The van der Waals surface area contributed by atoms with E-state index in [-0.39, 0.29) is 57.5 Å². The molecule has 2 fully saturated rings. The van der Waals surface area contributed by atoms with Crippen LogP contribution >= 0.6 is 0 Å². The number of carbonyl (C=O) groups excluding carboxylic acids is 2. The zero-order valence-corrected chi connectivity index (χ0v) is 21.0. The van der Waals surface area contributed by atoms with Gasteiger partial charge >= 0.3 is 0 Å². The molecule has 2 saturated heterocycles. The highest BCUT2D eigenvalue weighted by molar-refractivity contribution is 7.89. The number of sulfonamides is 1. The van der Waals surface area contributed by atoms with Gasteiger partial charge in [0, 0.05) is 26.2 Å². The first-order chi connectivity index (χ1) is 16.9. The average Bonchev–Trinajstić information content (AvgIpc) is 2.83. The molecule has 12 heteroatoms. The van der Waals surface area contributed by atoms with Crippen molar-refractivity contribution in [2.75, 3.05) is 92.1 Å². The predicted octanol–water partition coefficient (Wildman–Crippen LogP) is -0.263. The van der Waals surface area contributed by atoms with Crippen LogP contribution in [0.5, 0.6) is 0 Å². The molecule has 2 heterocycles. The summed E-state index contributed by atoms with van der Waals surface area (Å²) in [5, 5.41) is 0. The second kappa shape index (κ2) is 13.9. The molecule has 0 saturated carbocycles. The van der Waals surface area contributed by atoms with Crippen LogP contribution in [0.2, 0.25) is 0 Å². The minimum Gasteiger partial charge on any atom is -0.377 e. The fraction of sp³-hybridized carbons (Fsp3) is 0.652. The quantitative estimate of drug-likeness (QED) is 0.497. The number of ether oxygens (including phenoxy) is 4. The van der Waals surface area contributed by atoms with E-state index in [2.05, 4.69) is 0 Å². The predicted molar refractivity (Wildman–Crippen MR) is 126 cm³/mol. The first-order valence-electron chi connectivity index (χ1n) is 11.8. The van der Waals surface area contributed by atoms with E-state index < -0.39 is 34.9 Å². The number of carbonyl (C=O) groups is 2. The Balaban J connectivity index is 1.94. The first kappa shape index (κ1) is 27.5. The van der Waals surface area contributed by atoms with Gasteiger partial charge in [-0.1, -0.05) is 17.7 Å². The monoisotopic (exact) mass is 513 g/mol. The van der Waals surface area contributed by atoms with Crippen molar-refractivity contribution >= 4 is 21.8 Å². The molecule has 1 aromatic rings. The minimum absolute atomic E-state index is 0.0240. The van der Waals surface area contributed by atoms with Crippen molar-refractivity contribution in [2.24, 2.45) is 0 Å². The molecule has 0 atom stereocenters. The van der Waals surface area contributed by atoms with E-state index in [0.717, 1.165) is 9.87 Å². The summed E-state index contributed by atoms with van der Waals surface area (Å²) in [4.78, 5) is 29.6. The summed E-state index contributed by atoms with van der Waals surface area (Å²) in [5.74, 6) is -0.853. The van der Waals surface area contributed by atoms with Gasteiger partial charge in [-0.3, -0.25) is 9.59 Å². The van der Waals surface area contributed by atoms with Crippen LogP contribution in [0.25, 0.3) is 0 Å². The number of hydrogen-bond donors (Lipinski definition) is 0. The van der Waals surface area contributed by atoms with Gasteiger partial charge < -0.3 is 28.7 Å². The molecule has 2 amide bonds. The van der Waals surface area contributed by atoms with Crippen LogP contribution in [0.3, 0.4) is 0 Å². The summed E-state index contributed by atoms with van der Waals surface area (Å²) in [5.41, 5.74) is 0.899. The summed E-state index contributed by atoms with van der Waals surface area (Å²) in [6.45, 7) is 4.45. The lowest BCUT2D eigenvalue weighted by Gasteiger charge is -2.29. The van der Waals surface area contributed by atoms with Crippen LogP contribution in [0.4, 0.5) is 0 Å². The summed E-state index contributed by atoms with van der Waals surface area (Å²) in [6, 6.07) is 6.33. The zero-order valence-electron chi connectivity index (χ0n) is 20.2. The van der Waals surface area contributed by atoms with Crippen molar-refractivity contribution in [2.45, 2.75) is 11.8 Å². The largest absolute Gasteiger partial charge is 0.377 e. The molecule has 0 aliphatic carbocycles. The fourth-order valence-corrected chi connectivity index (χ4v) is 4.99. The molecule has 0 aromatic heterocycles. The van der Waals surface area contributed by atoms with E-state index >= 15 is 0 Å². The molecule has 2 aliphatic rings. The lowest BCUT2D eigenvalue weighted by molar-refractivity contribution is -0.135. The minimum atomic E-state index is -4.12. The number of benzene rings is 1. The Morgan fingerprint density at radius 2 is 1.00 bits per heavy atom. The molecule has 2 bridgehead atoms. The Morgan fingerprint density at radius 1 is 0.629 bits per heavy atom. The molecule has 196 valence electrons. The molecule has 3 rings (SSSR count). The van der Waals surface area contributed by atoms with E-state index in [0.29, 0.717) is 26.4 Å². The highest BCUT2D eigenvalue weighted by Gasteiger charge is 2.32. The molecule has 35 heavy (non-hydrogen) atoms. The molecule has 0 spiro atoms. The van der Waals surface area contributed by atoms with Crippen LogP contribution in [0.1, 0.15) is 5.56 Å². The maximum atomic E-state index is 13.5. The van der Waals surface area contributed by atoms with Crippen LogP contribution < -0.4 is 0 Å². The number of nitrogens with zero attached hydrogens (tertiary/aromatic N) is 3. The second-order valence-corrected chi connectivity index (χ2v) is 10.2. The standard InChI is InChI=1S/C23H35N3O8S/c1-20-2-4-21(5-3-20)35(29,30)26-18-22(27)24-6-10-31-14-15-33-12-8-25(23(28)19-26)9-13-34-17-16-32-11-7-24/h2-5H,6-19H2,1H3. The molecule has 2 aliphatic heterocycles. The lowest BCUT2D eigenvalue weighted by atomic mass is 10.2. The highest BCUT2D eigenvalue weighted by atomic mass is 32.2. The Morgan fingerprint density at radius 3 is 1.37 bits per heavy atom. The van der Waals surface area contributed by atoms with Gasteiger partial charge in [0.25, 0.3) is 0 Å². The van der Waals surface area contributed by atoms with Crippen LogP contribution in [0.15, 0.2) is 29.2 Å². The summed E-state index contributed by atoms with van der Waals surface area (Å²) in [6.07, 6.45) is 0. The summed E-state index contributed by atoms with van der Waals surface area (Å²) >= 11 is 0. The number of fused-ring (bicyclic) bond motifs is 6. The summed E-state index contributed by atoms with van der Waals surface area (Å²) in [7, 11) is -4.12. The van der Waals surface area contributed by atoms with Gasteiger partial charge in [-0.2, -0.15) is 4.31 Å². The van der Waals surface area contributed by atoms with Gasteiger partial charge in [-0.25, -0.2) is 8.42 Å². The van der Waals surface area contributed by atoms with E-state index in [1.54, 1.807) is 12.1 Å². The Labute approximate surface area is 206 Å². The van der Waals surface area contributed by atoms with Gasteiger partial charge in [0.05, 0.1) is 70.8 Å². The van der Waals surface area contributed by atoms with Crippen molar-refractivity contribution < 1.29 is 37.0 Å². The SMILES string of the molecule is Cc1ccc(S(=O)(=O)N2CC(=O)N3CCOCCOCCN(CCOCCOCC3)C(=O)C2)cc1. The second-order valence-electron chi connectivity index (χ2n) is 8.30. The third-order valence-corrected chi connectivity index (χ3v) is 7.56. The van der Waals surface area contributed by atoms with E-state index in [1.165, 1.54) is 21.9 Å². The molecule has 0 unspecified atom stereocenters. The van der Waals surface area contributed by atoms with E-state index in [4.69, 9.17) is 18.9 Å². The maximum absolute atomic E-state index is 13.5. The number of rotatable bonds is 2. The van der Waals surface area contributed by atoms with Gasteiger partial charge in [-0.15, -0.1) is 0 Å². The average molecular weight is 514 g/mol. The Hall–Kier alpha value is -2.09. The van der Waals surface area contributed by atoms with Crippen molar-refractivity contribution in [3.63, 3.8) is 0 Å². The molecule has 11 nitrogen and oxygen atoms in total. The third kappa shape index (κ3) is 8.51. The van der Waals surface area contributed by atoms with E-state index in [9.17, 15) is 18.0 Å². The molecule has 0 N–H and O–H groups in total. The van der Waals surface area contributed by atoms with Crippen molar-refractivity contribution in [3.05, 3.63) is 29.8 Å². The summed E-state index contributed by atoms with van der Waals surface area (Å²) < 4.78 is 50.3. The van der Waals surface area contributed by atoms with Gasteiger partial charge in [0.2, 0.25) is 21.8 Å². The first-order valence-corrected chi connectivity index (χ1v) is 13.3. The Kier molecular flexibility index (Phi) is 10.9. The highest BCUT2D eigenvalue weighted by Crippen LogP contribution is 2.17. The number of aryl methyl sites for hydroxylation is 1. The van der Waals surface area contributed by atoms with Crippen molar-refractivity contribution in [3.8, 4) is 0 Å². The molecule has 0 radical (unpaired) electrons. The normalized spacial score (nSPS) is 21.6. The van der Waals surface area contributed by atoms with Gasteiger partial charge in [0.1, 0.15) is 0 Å². The topological polar surface area (TPSA) is 115 Å². The fourth-order valence-electron chi connectivity index (χ4n) is 3.65. The molecular weight excluding hydrogens is 478 g/mol.